The quantitative estimate of drug-likeness (QED) is 0.601. The largest absolute Gasteiger partial charge is 0.417 e. The lowest BCUT2D eigenvalue weighted by molar-refractivity contribution is -0.138. The average Bonchev–Trinajstić information content (AvgIpc) is 2.64. The van der Waals surface area contributed by atoms with Crippen LogP contribution in [0.2, 0.25) is 0 Å². The number of amides is 1. The van der Waals surface area contributed by atoms with Gasteiger partial charge in [-0.15, -0.1) is 0 Å². The predicted octanol–water partition coefficient (Wildman–Crippen LogP) is 5.34. The number of alkyl halides is 3. The minimum absolute atomic E-state index is 0.0140. The highest BCUT2D eigenvalue weighted by atomic mass is 19.4. The van der Waals surface area contributed by atoms with Crippen molar-refractivity contribution < 1.29 is 22.4 Å². The molecule has 0 bridgehead atoms. The summed E-state index contributed by atoms with van der Waals surface area (Å²) >= 11 is 0. The Balaban J connectivity index is 1.80. The molecular formula is C22H21F4NO. The van der Waals surface area contributed by atoms with Gasteiger partial charge < -0.3 is 4.90 Å². The molecule has 2 aliphatic rings. The van der Waals surface area contributed by atoms with Gasteiger partial charge >= 0.3 is 6.18 Å². The number of rotatable bonds is 1. The van der Waals surface area contributed by atoms with Gasteiger partial charge in [-0.25, -0.2) is 4.39 Å². The summed E-state index contributed by atoms with van der Waals surface area (Å²) in [5.74, 6) is -0.761. The predicted molar refractivity (Wildman–Crippen MR) is 98.3 cm³/mol. The molecule has 2 atom stereocenters. The van der Waals surface area contributed by atoms with Crippen LogP contribution in [0, 0.1) is 5.82 Å². The molecule has 28 heavy (non-hydrogen) atoms. The first-order valence-corrected chi connectivity index (χ1v) is 9.37. The number of halogens is 4. The van der Waals surface area contributed by atoms with Gasteiger partial charge in [-0.05, 0) is 53.6 Å². The minimum Gasteiger partial charge on any atom is -0.342 e. The van der Waals surface area contributed by atoms with Crippen LogP contribution in [-0.4, -0.2) is 23.9 Å². The van der Waals surface area contributed by atoms with Gasteiger partial charge in [-0.2, -0.15) is 13.2 Å². The van der Waals surface area contributed by atoms with E-state index in [-0.39, 0.29) is 22.9 Å². The molecule has 0 radical (unpaired) electrons. The molecular weight excluding hydrogens is 370 g/mol. The zero-order valence-electron chi connectivity index (χ0n) is 15.7. The van der Waals surface area contributed by atoms with Crippen molar-refractivity contribution in [1.82, 2.24) is 4.90 Å². The topological polar surface area (TPSA) is 20.3 Å². The Morgan fingerprint density at radius 2 is 1.86 bits per heavy atom. The Morgan fingerprint density at radius 3 is 2.57 bits per heavy atom. The monoisotopic (exact) mass is 391 g/mol. The number of nitrogens with zero attached hydrogens (tertiary/aromatic N) is 1. The molecule has 1 fully saturated rings. The Kier molecular flexibility index (Phi) is 4.28. The molecule has 1 aliphatic carbocycles. The number of aryl methyl sites for hydroxylation is 1. The SMILES string of the molecule is CN1C(=O)CC[C@]2(C)c3ccc(-c4ccc(F)cc4C(F)(F)F)cc3CC[C@@H]12. The van der Waals surface area contributed by atoms with Gasteiger partial charge in [0.2, 0.25) is 5.91 Å². The molecule has 4 rings (SSSR count). The molecule has 1 heterocycles. The maximum absolute atomic E-state index is 13.4. The third kappa shape index (κ3) is 2.90. The van der Waals surface area contributed by atoms with Crippen LogP contribution in [0.5, 0.6) is 0 Å². The van der Waals surface area contributed by atoms with E-state index < -0.39 is 17.6 Å². The van der Waals surface area contributed by atoms with E-state index in [1.165, 1.54) is 6.07 Å². The van der Waals surface area contributed by atoms with Crippen molar-refractivity contribution in [2.24, 2.45) is 0 Å². The van der Waals surface area contributed by atoms with Crippen LogP contribution < -0.4 is 0 Å². The molecule has 148 valence electrons. The van der Waals surface area contributed by atoms with E-state index in [1.807, 2.05) is 18.0 Å². The number of hydrogen-bond acceptors (Lipinski definition) is 1. The first-order valence-electron chi connectivity index (χ1n) is 9.37. The number of benzene rings is 2. The van der Waals surface area contributed by atoms with E-state index in [0.717, 1.165) is 30.0 Å². The lowest BCUT2D eigenvalue weighted by atomic mass is 9.63. The van der Waals surface area contributed by atoms with E-state index in [9.17, 15) is 22.4 Å². The third-order valence-corrected chi connectivity index (χ3v) is 6.46. The van der Waals surface area contributed by atoms with Crippen molar-refractivity contribution >= 4 is 5.91 Å². The first-order chi connectivity index (χ1) is 13.1. The highest BCUT2D eigenvalue weighted by Crippen LogP contribution is 2.47. The van der Waals surface area contributed by atoms with Crippen molar-refractivity contribution in [1.29, 1.82) is 0 Å². The molecule has 1 aliphatic heterocycles. The number of hydrogen-bond donors (Lipinski definition) is 0. The van der Waals surface area contributed by atoms with E-state index in [2.05, 4.69) is 6.92 Å². The van der Waals surface area contributed by atoms with E-state index >= 15 is 0 Å². The Morgan fingerprint density at radius 1 is 1.11 bits per heavy atom. The summed E-state index contributed by atoms with van der Waals surface area (Å²) in [4.78, 5) is 13.9. The summed E-state index contributed by atoms with van der Waals surface area (Å²) in [5, 5.41) is 0. The zero-order valence-corrected chi connectivity index (χ0v) is 15.7. The van der Waals surface area contributed by atoms with Gasteiger partial charge in [-0.1, -0.05) is 31.2 Å². The standard InChI is InChI=1S/C22H21F4NO/c1-21-10-9-20(28)27(2)19(21)8-4-14-11-13(3-7-17(14)21)16-6-5-15(23)12-18(16)22(24,25)26/h3,5-7,11-12,19H,4,8-10H2,1-2H3/t19-,21-/m1/s1. The molecule has 0 aromatic heterocycles. The van der Waals surface area contributed by atoms with Gasteiger partial charge in [0.05, 0.1) is 5.56 Å². The maximum Gasteiger partial charge on any atom is 0.417 e. The summed E-state index contributed by atoms with van der Waals surface area (Å²) in [6.45, 7) is 2.14. The molecule has 2 aromatic rings. The second-order valence-corrected chi connectivity index (χ2v) is 8.04. The summed E-state index contributed by atoms with van der Waals surface area (Å²) in [5.41, 5.74) is 1.37. The van der Waals surface area contributed by atoms with Crippen LogP contribution in [0.4, 0.5) is 17.6 Å². The molecule has 0 unspecified atom stereocenters. The van der Waals surface area contributed by atoms with Crippen molar-refractivity contribution in [3.05, 3.63) is 58.9 Å². The van der Waals surface area contributed by atoms with Gasteiger partial charge in [0.15, 0.2) is 0 Å². The fourth-order valence-electron chi connectivity index (χ4n) is 4.96. The van der Waals surface area contributed by atoms with Crippen molar-refractivity contribution in [2.45, 2.75) is 50.2 Å². The molecule has 1 amide bonds. The average molecular weight is 391 g/mol. The molecule has 0 saturated carbocycles. The second-order valence-electron chi connectivity index (χ2n) is 8.04. The molecule has 0 spiro atoms. The molecule has 2 aromatic carbocycles. The number of likely N-dealkylation sites (N-methyl/N-ethyl adjacent to an activating group) is 1. The maximum atomic E-state index is 13.4. The Hall–Kier alpha value is -2.37. The van der Waals surface area contributed by atoms with Crippen LogP contribution in [-0.2, 0) is 22.8 Å². The first kappa shape index (κ1) is 19.0. The Bertz CT molecular complexity index is 952. The lowest BCUT2D eigenvalue weighted by Gasteiger charge is -2.50. The van der Waals surface area contributed by atoms with Crippen molar-refractivity contribution in [3.8, 4) is 11.1 Å². The van der Waals surface area contributed by atoms with Gasteiger partial charge in [0, 0.05) is 24.9 Å². The highest BCUT2D eigenvalue weighted by molar-refractivity contribution is 5.78. The van der Waals surface area contributed by atoms with Crippen LogP contribution in [0.3, 0.4) is 0 Å². The van der Waals surface area contributed by atoms with E-state index in [0.29, 0.717) is 24.5 Å². The smallest absolute Gasteiger partial charge is 0.342 e. The van der Waals surface area contributed by atoms with E-state index in [1.54, 1.807) is 12.1 Å². The van der Waals surface area contributed by atoms with Crippen LogP contribution >= 0.6 is 0 Å². The minimum atomic E-state index is -4.63. The fraction of sp³-hybridized carbons (Fsp3) is 0.409. The molecule has 2 nitrogen and oxygen atoms in total. The number of piperidine rings is 1. The van der Waals surface area contributed by atoms with Crippen LogP contribution in [0.25, 0.3) is 11.1 Å². The number of fused-ring (bicyclic) bond motifs is 3. The van der Waals surface area contributed by atoms with Crippen LogP contribution in [0.1, 0.15) is 42.9 Å². The molecule has 6 heteroatoms. The third-order valence-electron chi connectivity index (χ3n) is 6.46. The summed E-state index contributed by atoms with van der Waals surface area (Å²) in [6, 6.07) is 8.28. The number of carbonyl (C=O) groups excluding carboxylic acids is 1. The van der Waals surface area contributed by atoms with Crippen molar-refractivity contribution in [3.63, 3.8) is 0 Å². The number of likely N-dealkylation sites (tertiary alicyclic amines) is 1. The van der Waals surface area contributed by atoms with Gasteiger partial charge in [0.25, 0.3) is 0 Å². The normalized spacial score (nSPS) is 24.7. The summed E-state index contributed by atoms with van der Waals surface area (Å²) in [7, 11) is 1.83. The second kappa shape index (κ2) is 6.33. The zero-order chi connectivity index (χ0) is 20.3. The van der Waals surface area contributed by atoms with Crippen molar-refractivity contribution in [2.75, 3.05) is 7.05 Å². The highest BCUT2D eigenvalue weighted by Gasteiger charge is 2.46. The Labute approximate surface area is 161 Å². The van der Waals surface area contributed by atoms with Gasteiger partial charge in [0.1, 0.15) is 5.82 Å². The molecule has 0 N–H and O–H groups in total. The fourth-order valence-corrected chi connectivity index (χ4v) is 4.96. The van der Waals surface area contributed by atoms with Gasteiger partial charge in [-0.3, -0.25) is 4.79 Å². The van der Waals surface area contributed by atoms with E-state index in [4.69, 9.17) is 0 Å². The summed E-state index contributed by atoms with van der Waals surface area (Å²) < 4.78 is 53.7. The lowest BCUT2D eigenvalue weighted by Crippen LogP contribution is -2.56. The molecule has 1 saturated heterocycles. The number of carbonyl (C=O) groups is 1. The van der Waals surface area contributed by atoms with Crippen LogP contribution in [0.15, 0.2) is 36.4 Å². The summed E-state index contributed by atoms with van der Waals surface area (Å²) in [6.07, 6.45) is -1.94.